The van der Waals surface area contributed by atoms with Gasteiger partial charge in [-0.3, -0.25) is 4.79 Å². The van der Waals surface area contributed by atoms with Crippen LogP contribution in [0.5, 0.6) is 0 Å². The van der Waals surface area contributed by atoms with Crippen LogP contribution >= 0.6 is 11.6 Å². The number of carbonyl (C=O) groups excluding carboxylic acids is 1. The first-order valence-corrected chi connectivity index (χ1v) is 9.95. The highest BCUT2D eigenvalue weighted by Gasteiger charge is 2.26. The summed E-state index contributed by atoms with van der Waals surface area (Å²) in [4.78, 5) is 19.6. The first kappa shape index (κ1) is 18.1. The van der Waals surface area contributed by atoms with Gasteiger partial charge in [-0.1, -0.05) is 48.9 Å². The summed E-state index contributed by atoms with van der Waals surface area (Å²) in [6, 6.07) is 13.9. The highest BCUT2D eigenvalue weighted by atomic mass is 35.5. The van der Waals surface area contributed by atoms with Crippen molar-refractivity contribution in [2.24, 2.45) is 5.92 Å². The SMILES string of the molecule is CC1CCN(C(=O)CC(c2ccccc2)c2cnc3ccc(Cl)cn23)CC1. The Morgan fingerprint density at radius 3 is 2.67 bits per heavy atom. The molecular formula is C22H24ClN3O. The maximum atomic E-state index is 13.1. The second-order valence-electron chi connectivity index (χ2n) is 7.49. The number of aromatic nitrogens is 2. The molecular weight excluding hydrogens is 358 g/mol. The van der Waals surface area contributed by atoms with Gasteiger partial charge >= 0.3 is 0 Å². The molecule has 3 heterocycles. The monoisotopic (exact) mass is 381 g/mol. The fourth-order valence-electron chi connectivity index (χ4n) is 3.87. The lowest BCUT2D eigenvalue weighted by Gasteiger charge is -2.31. The average molecular weight is 382 g/mol. The fraction of sp³-hybridized carbons (Fsp3) is 0.364. The molecule has 1 amide bonds. The van der Waals surface area contributed by atoms with Gasteiger partial charge in [0.15, 0.2) is 0 Å². The van der Waals surface area contributed by atoms with Gasteiger partial charge in [-0.25, -0.2) is 4.98 Å². The van der Waals surface area contributed by atoms with E-state index < -0.39 is 0 Å². The summed E-state index contributed by atoms with van der Waals surface area (Å²) in [5.74, 6) is 0.874. The normalized spacial score (nSPS) is 16.6. The van der Waals surface area contributed by atoms with Gasteiger partial charge in [0.1, 0.15) is 5.65 Å². The van der Waals surface area contributed by atoms with Crippen LogP contribution in [0.1, 0.15) is 43.4 Å². The van der Waals surface area contributed by atoms with E-state index in [1.807, 2.05) is 52.0 Å². The van der Waals surface area contributed by atoms with Crippen molar-refractivity contribution in [1.82, 2.24) is 14.3 Å². The first-order valence-electron chi connectivity index (χ1n) is 9.57. The Labute approximate surface area is 164 Å². The molecule has 1 aromatic carbocycles. The van der Waals surface area contributed by atoms with Gasteiger partial charge in [0.2, 0.25) is 5.91 Å². The van der Waals surface area contributed by atoms with E-state index in [9.17, 15) is 4.79 Å². The summed E-state index contributed by atoms with van der Waals surface area (Å²) < 4.78 is 2.01. The number of amides is 1. The van der Waals surface area contributed by atoms with E-state index in [1.165, 1.54) is 0 Å². The van der Waals surface area contributed by atoms with Gasteiger partial charge < -0.3 is 9.30 Å². The average Bonchev–Trinajstić information content (AvgIpc) is 3.10. The fourth-order valence-corrected chi connectivity index (χ4v) is 4.03. The van der Waals surface area contributed by atoms with Crippen LogP contribution in [0.4, 0.5) is 0 Å². The predicted octanol–water partition coefficient (Wildman–Crippen LogP) is 4.77. The third-order valence-corrected chi connectivity index (χ3v) is 5.80. The third kappa shape index (κ3) is 3.86. The van der Waals surface area contributed by atoms with E-state index in [-0.39, 0.29) is 11.8 Å². The van der Waals surface area contributed by atoms with Crippen LogP contribution in [0.3, 0.4) is 0 Å². The molecule has 0 bridgehead atoms. The van der Waals surface area contributed by atoms with Gasteiger partial charge in [-0.2, -0.15) is 0 Å². The first-order chi connectivity index (χ1) is 13.1. The number of rotatable bonds is 4. The topological polar surface area (TPSA) is 37.6 Å². The summed E-state index contributed by atoms with van der Waals surface area (Å²) >= 11 is 6.22. The Kier molecular flexibility index (Phi) is 5.17. The molecule has 0 aliphatic carbocycles. The molecule has 140 valence electrons. The molecule has 0 radical (unpaired) electrons. The summed E-state index contributed by atoms with van der Waals surface area (Å²) in [7, 11) is 0. The van der Waals surface area contributed by atoms with E-state index in [1.54, 1.807) is 0 Å². The van der Waals surface area contributed by atoms with Crippen molar-refractivity contribution in [1.29, 1.82) is 0 Å². The Balaban J connectivity index is 1.67. The van der Waals surface area contributed by atoms with E-state index in [2.05, 4.69) is 24.0 Å². The highest BCUT2D eigenvalue weighted by Crippen LogP contribution is 2.30. The van der Waals surface area contributed by atoms with Gasteiger partial charge in [-0.05, 0) is 36.5 Å². The molecule has 2 aromatic heterocycles. The highest BCUT2D eigenvalue weighted by molar-refractivity contribution is 6.30. The molecule has 1 atom stereocenters. The number of carbonyl (C=O) groups is 1. The minimum Gasteiger partial charge on any atom is -0.343 e. The summed E-state index contributed by atoms with van der Waals surface area (Å²) in [6.45, 7) is 3.98. The van der Waals surface area contributed by atoms with E-state index in [0.29, 0.717) is 17.4 Å². The van der Waals surface area contributed by atoms with Crippen LogP contribution in [-0.2, 0) is 4.79 Å². The minimum atomic E-state index is -0.0495. The molecule has 0 N–H and O–H groups in total. The number of pyridine rings is 1. The maximum absolute atomic E-state index is 13.1. The standard InChI is InChI=1S/C22H24ClN3O/c1-16-9-11-25(12-10-16)22(27)13-19(17-5-3-2-4-6-17)20-14-24-21-8-7-18(23)15-26(20)21/h2-8,14-16,19H,9-13H2,1H3. The second-order valence-corrected chi connectivity index (χ2v) is 7.93. The molecule has 1 aliphatic rings. The number of hydrogen-bond acceptors (Lipinski definition) is 2. The van der Waals surface area contributed by atoms with Crippen LogP contribution in [0.15, 0.2) is 54.9 Å². The maximum Gasteiger partial charge on any atom is 0.223 e. The molecule has 0 saturated carbocycles. The molecule has 1 aliphatic heterocycles. The van der Waals surface area contributed by atoms with Crippen molar-refractivity contribution in [3.8, 4) is 0 Å². The molecule has 4 nitrogen and oxygen atoms in total. The van der Waals surface area contributed by atoms with E-state index >= 15 is 0 Å². The number of hydrogen-bond donors (Lipinski definition) is 0. The molecule has 1 fully saturated rings. The van der Waals surface area contributed by atoms with Crippen molar-refractivity contribution < 1.29 is 4.79 Å². The lowest BCUT2D eigenvalue weighted by Crippen LogP contribution is -2.38. The van der Waals surface area contributed by atoms with Gasteiger partial charge in [0.25, 0.3) is 0 Å². The molecule has 5 heteroatoms. The van der Waals surface area contributed by atoms with Gasteiger partial charge in [0, 0.05) is 37.8 Å². The molecule has 0 spiro atoms. The third-order valence-electron chi connectivity index (χ3n) is 5.57. The van der Waals surface area contributed by atoms with Crippen LogP contribution in [0, 0.1) is 5.92 Å². The summed E-state index contributed by atoms with van der Waals surface area (Å²) in [5.41, 5.74) is 2.96. The number of halogens is 1. The Morgan fingerprint density at radius 1 is 1.19 bits per heavy atom. The zero-order valence-corrected chi connectivity index (χ0v) is 16.3. The smallest absolute Gasteiger partial charge is 0.223 e. The number of nitrogens with zero attached hydrogens (tertiary/aromatic N) is 3. The van der Waals surface area contributed by atoms with E-state index in [4.69, 9.17) is 11.6 Å². The van der Waals surface area contributed by atoms with Crippen molar-refractivity contribution in [3.05, 3.63) is 71.1 Å². The zero-order valence-electron chi connectivity index (χ0n) is 15.5. The Hall–Kier alpha value is -2.33. The Morgan fingerprint density at radius 2 is 1.93 bits per heavy atom. The van der Waals surface area contributed by atoms with Crippen molar-refractivity contribution in [3.63, 3.8) is 0 Å². The van der Waals surface area contributed by atoms with Crippen LogP contribution in [0.25, 0.3) is 5.65 Å². The molecule has 3 aromatic rings. The van der Waals surface area contributed by atoms with Crippen molar-refractivity contribution in [2.45, 2.75) is 32.1 Å². The Bertz CT molecular complexity index is 929. The predicted molar refractivity (Wildman–Crippen MR) is 108 cm³/mol. The number of benzene rings is 1. The second kappa shape index (κ2) is 7.73. The number of piperidine rings is 1. The minimum absolute atomic E-state index is 0.0495. The largest absolute Gasteiger partial charge is 0.343 e. The summed E-state index contributed by atoms with van der Waals surface area (Å²) in [6.07, 6.45) is 6.37. The van der Waals surface area contributed by atoms with Gasteiger partial charge in [0.05, 0.1) is 10.7 Å². The molecule has 1 unspecified atom stereocenters. The zero-order chi connectivity index (χ0) is 18.8. The lowest BCUT2D eigenvalue weighted by molar-refractivity contribution is -0.132. The lowest BCUT2D eigenvalue weighted by atomic mass is 9.91. The van der Waals surface area contributed by atoms with Crippen LogP contribution < -0.4 is 0 Å². The molecule has 4 rings (SSSR count). The van der Waals surface area contributed by atoms with Crippen molar-refractivity contribution in [2.75, 3.05) is 13.1 Å². The van der Waals surface area contributed by atoms with E-state index in [0.717, 1.165) is 42.8 Å². The molecule has 1 saturated heterocycles. The van der Waals surface area contributed by atoms with Crippen LogP contribution in [0.2, 0.25) is 5.02 Å². The van der Waals surface area contributed by atoms with Crippen molar-refractivity contribution >= 4 is 23.2 Å². The quantitative estimate of drug-likeness (QED) is 0.652. The summed E-state index contributed by atoms with van der Waals surface area (Å²) in [5, 5.41) is 0.657. The number of fused-ring (bicyclic) bond motifs is 1. The number of imidazole rings is 1. The number of likely N-dealkylation sites (tertiary alicyclic amines) is 1. The molecule has 27 heavy (non-hydrogen) atoms. The van der Waals surface area contributed by atoms with Gasteiger partial charge in [-0.15, -0.1) is 0 Å². The van der Waals surface area contributed by atoms with Crippen LogP contribution in [-0.4, -0.2) is 33.3 Å².